The molecule has 62 valence electrons. The Morgan fingerprint density at radius 3 is 2.58 bits per heavy atom. The van der Waals surface area contributed by atoms with Gasteiger partial charge in [-0.1, -0.05) is 13.0 Å². The van der Waals surface area contributed by atoms with Gasteiger partial charge in [-0.25, -0.2) is 0 Å². The van der Waals surface area contributed by atoms with E-state index in [1.165, 1.54) is 0 Å². The maximum atomic E-state index is 9.24. The van der Waals surface area contributed by atoms with Crippen LogP contribution in [0.15, 0.2) is 18.2 Å². The van der Waals surface area contributed by atoms with Crippen molar-refractivity contribution < 1.29 is 5.11 Å². The highest BCUT2D eigenvalue weighted by Gasteiger charge is 1.97. The highest BCUT2D eigenvalue weighted by Crippen LogP contribution is 2.16. The quantitative estimate of drug-likeness (QED) is 0.721. The molecule has 0 spiro atoms. The molecule has 0 bridgehead atoms. The molecule has 0 radical (unpaired) electrons. The third kappa shape index (κ3) is 2.00. The minimum atomic E-state index is 0.250. The Morgan fingerprint density at radius 1 is 1.33 bits per heavy atom. The van der Waals surface area contributed by atoms with Crippen molar-refractivity contribution in [3.63, 3.8) is 0 Å². The molecule has 2 heteroatoms. The minimum Gasteiger partial charge on any atom is -0.508 e. The molecule has 0 fully saturated rings. The van der Waals surface area contributed by atoms with E-state index < -0.39 is 0 Å². The average molecular weight is 161 g/mol. The molecule has 0 aliphatic heterocycles. The molecule has 12 heavy (non-hydrogen) atoms. The molecule has 1 aromatic carbocycles. The predicted octanol–water partition coefficient (Wildman–Crippen LogP) is 2.02. The van der Waals surface area contributed by atoms with Crippen LogP contribution >= 0.6 is 0 Å². The molecular formula is C10H11NO. The van der Waals surface area contributed by atoms with Gasteiger partial charge in [-0.05, 0) is 29.7 Å². The van der Waals surface area contributed by atoms with Crippen molar-refractivity contribution in [3.8, 4) is 11.8 Å². The van der Waals surface area contributed by atoms with Crippen LogP contribution in [0, 0.1) is 11.3 Å². The lowest BCUT2D eigenvalue weighted by molar-refractivity contribution is 0.474. The fourth-order valence-electron chi connectivity index (χ4n) is 1.14. The maximum absolute atomic E-state index is 9.24. The third-order valence-electron chi connectivity index (χ3n) is 1.73. The predicted molar refractivity (Wildman–Crippen MR) is 46.8 cm³/mol. The standard InChI is InChI=1S/C10H11NO/c1-2-8-5-9(3-4-11)7-10(12)6-8/h5-7,12H,2-3H2,1H3. The van der Waals surface area contributed by atoms with Gasteiger partial charge in [-0.3, -0.25) is 0 Å². The van der Waals surface area contributed by atoms with Gasteiger partial charge in [0.2, 0.25) is 0 Å². The summed E-state index contributed by atoms with van der Waals surface area (Å²) in [5.74, 6) is 0.250. The first kappa shape index (κ1) is 8.61. The van der Waals surface area contributed by atoms with Crippen molar-refractivity contribution in [1.82, 2.24) is 0 Å². The lowest BCUT2D eigenvalue weighted by atomic mass is 10.1. The fraction of sp³-hybridized carbons (Fsp3) is 0.300. The van der Waals surface area contributed by atoms with Crippen molar-refractivity contribution >= 4 is 0 Å². The second kappa shape index (κ2) is 3.77. The fourth-order valence-corrected chi connectivity index (χ4v) is 1.14. The zero-order chi connectivity index (χ0) is 8.97. The normalized spacial score (nSPS) is 9.33. The Kier molecular flexibility index (Phi) is 2.71. The molecule has 0 saturated carbocycles. The Balaban J connectivity index is 2.99. The molecule has 0 amide bonds. The molecule has 1 N–H and O–H groups in total. The first-order valence-corrected chi connectivity index (χ1v) is 3.95. The van der Waals surface area contributed by atoms with Crippen molar-refractivity contribution in [2.45, 2.75) is 19.8 Å². The third-order valence-corrected chi connectivity index (χ3v) is 1.73. The zero-order valence-electron chi connectivity index (χ0n) is 7.04. The summed E-state index contributed by atoms with van der Waals surface area (Å²) in [6.45, 7) is 2.02. The highest BCUT2D eigenvalue weighted by molar-refractivity contribution is 5.34. The Hall–Kier alpha value is -1.49. The number of aryl methyl sites for hydroxylation is 1. The summed E-state index contributed by atoms with van der Waals surface area (Å²) in [5, 5.41) is 17.7. The monoisotopic (exact) mass is 161 g/mol. The second-order valence-electron chi connectivity index (χ2n) is 2.70. The minimum absolute atomic E-state index is 0.250. The first-order chi connectivity index (χ1) is 5.76. The van der Waals surface area contributed by atoms with Gasteiger partial charge in [-0.15, -0.1) is 0 Å². The lowest BCUT2D eigenvalue weighted by Gasteiger charge is -2.01. The van der Waals surface area contributed by atoms with E-state index in [9.17, 15) is 5.11 Å². The molecule has 0 unspecified atom stereocenters. The summed E-state index contributed by atoms with van der Waals surface area (Å²) >= 11 is 0. The number of hydrogen-bond donors (Lipinski definition) is 1. The van der Waals surface area contributed by atoms with Gasteiger partial charge < -0.3 is 5.11 Å². The van der Waals surface area contributed by atoms with E-state index >= 15 is 0 Å². The van der Waals surface area contributed by atoms with Gasteiger partial charge in [0.15, 0.2) is 0 Å². The largest absolute Gasteiger partial charge is 0.508 e. The Morgan fingerprint density at radius 2 is 2.00 bits per heavy atom. The average Bonchev–Trinajstić information content (AvgIpc) is 2.04. The van der Waals surface area contributed by atoms with E-state index in [1.807, 2.05) is 13.0 Å². The molecule has 1 rings (SSSR count). The van der Waals surface area contributed by atoms with Crippen molar-refractivity contribution in [3.05, 3.63) is 29.3 Å². The molecule has 0 saturated heterocycles. The van der Waals surface area contributed by atoms with E-state index in [0.29, 0.717) is 6.42 Å². The summed E-state index contributed by atoms with van der Waals surface area (Å²) in [6.07, 6.45) is 1.24. The van der Waals surface area contributed by atoms with E-state index in [0.717, 1.165) is 17.5 Å². The van der Waals surface area contributed by atoms with Crippen LogP contribution < -0.4 is 0 Å². The SMILES string of the molecule is CCc1cc(O)cc(CC#N)c1. The molecule has 0 atom stereocenters. The number of aromatic hydroxyl groups is 1. The molecule has 0 aliphatic carbocycles. The number of phenolic OH excluding ortho intramolecular Hbond substituents is 1. The van der Waals surface area contributed by atoms with Crippen LogP contribution in [0.3, 0.4) is 0 Å². The van der Waals surface area contributed by atoms with Crippen LogP contribution in [0.1, 0.15) is 18.1 Å². The summed E-state index contributed by atoms with van der Waals surface area (Å²) in [6, 6.07) is 7.35. The summed E-state index contributed by atoms with van der Waals surface area (Å²) in [5.41, 5.74) is 1.95. The summed E-state index contributed by atoms with van der Waals surface area (Å²) in [4.78, 5) is 0. The summed E-state index contributed by atoms with van der Waals surface area (Å²) in [7, 11) is 0. The first-order valence-electron chi connectivity index (χ1n) is 3.95. The number of benzene rings is 1. The molecule has 2 nitrogen and oxygen atoms in total. The molecular weight excluding hydrogens is 150 g/mol. The van der Waals surface area contributed by atoms with Crippen molar-refractivity contribution in [2.24, 2.45) is 0 Å². The van der Waals surface area contributed by atoms with E-state index in [4.69, 9.17) is 5.26 Å². The van der Waals surface area contributed by atoms with Crippen LogP contribution in [0.2, 0.25) is 0 Å². The Labute approximate surface area is 72.1 Å². The van der Waals surface area contributed by atoms with E-state index in [1.54, 1.807) is 12.1 Å². The molecule has 1 aromatic rings. The van der Waals surface area contributed by atoms with Crippen LogP contribution in [0.25, 0.3) is 0 Å². The van der Waals surface area contributed by atoms with Gasteiger partial charge in [0.1, 0.15) is 5.75 Å². The number of hydrogen-bond acceptors (Lipinski definition) is 2. The van der Waals surface area contributed by atoms with Gasteiger partial charge >= 0.3 is 0 Å². The topological polar surface area (TPSA) is 44.0 Å². The van der Waals surface area contributed by atoms with Crippen molar-refractivity contribution in [1.29, 1.82) is 5.26 Å². The van der Waals surface area contributed by atoms with Gasteiger partial charge in [0, 0.05) is 0 Å². The van der Waals surface area contributed by atoms with Gasteiger partial charge in [-0.2, -0.15) is 5.26 Å². The van der Waals surface area contributed by atoms with Gasteiger partial charge in [0.05, 0.1) is 12.5 Å². The number of nitrogens with zero attached hydrogens (tertiary/aromatic N) is 1. The van der Waals surface area contributed by atoms with Crippen LogP contribution in [0.4, 0.5) is 0 Å². The summed E-state index contributed by atoms with van der Waals surface area (Å²) < 4.78 is 0. The van der Waals surface area contributed by atoms with Crippen LogP contribution in [-0.2, 0) is 12.8 Å². The van der Waals surface area contributed by atoms with Gasteiger partial charge in [0.25, 0.3) is 0 Å². The lowest BCUT2D eigenvalue weighted by Crippen LogP contribution is -1.85. The van der Waals surface area contributed by atoms with Crippen LogP contribution in [0.5, 0.6) is 5.75 Å². The van der Waals surface area contributed by atoms with Crippen molar-refractivity contribution in [2.75, 3.05) is 0 Å². The molecule has 0 aromatic heterocycles. The zero-order valence-corrected chi connectivity index (χ0v) is 7.04. The van der Waals surface area contributed by atoms with E-state index in [-0.39, 0.29) is 5.75 Å². The molecule has 0 aliphatic rings. The Bertz CT molecular complexity index is 312. The number of nitriles is 1. The second-order valence-corrected chi connectivity index (χ2v) is 2.70. The number of phenols is 1. The molecule has 0 heterocycles. The number of rotatable bonds is 2. The van der Waals surface area contributed by atoms with Crippen LogP contribution in [-0.4, -0.2) is 5.11 Å². The highest BCUT2D eigenvalue weighted by atomic mass is 16.3. The maximum Gasteiger partial charge on any atom is 0.116 e. The smallest absolute Gasteiger partial charge is 0.116 e. The van der Waals surface area contributed by atoms with E-state index in [2.05, 4.69) is 6.07 Å².